The third kappa shape index (κ3) is 4.82. The Morgan fingerprint density at radius 2 is 1.71 bits per heavy atom. The molecular weight excluding hydrogens is 330 g/mol. The minimum absolute atomic E-state index is 0.0369. The third-order valence-corrected chi connectivity index (χ3v) is 4.28. The number of sulfone groups is 1. The SMILES string of the molecule is CS(=O)(=O)c1cccc(NCC(=O)Nc2ccc(C(N)=O)cc2)c1. The second kappa shape index (κ2) is 7.14. The van der Waals surface area contributed by atoms with E-state index in [0.717, 1.165) is 6.26 Å². The molecule has 2 aromatic carbocycles. The molecule has 24 heavy (non-hydrogen) atoms. The third-order valence-electron chi connectivity index (χ3n) is 3.17. The lowest BCUT2D eigenvalue weighted by Gasteiger charge is -2.09. The molecule has 126 valence electrons. The molecule has 7 nitrogen and oxygen atoms in total. The summed E-state index contributed by atoms with van der Waals surface area (Å²) in [5.41, 5.74) is 6.54. The summed E-state index contributed by atoms with van der Waals surface area (Å²) < 4.78 is 23.0. The Bertz CT molecular complexity index is 861. The van der Waals surface area contributed by atoms with Crippen molar-refractivity contribution >= 4 is 33.0 Å². The molecular formula is C16H17N3O4S. The van der Waals surface area contributed by atoms with Gasteiger partial charge in [-0.25, -0.2) is 8.42 Å². The van der Waals surface area contributed by atoms with Crippen LogP contribution in [0.1, 0.15) is 10.4 Å². The maximum atomic E-state index is 11.9. The standard InChI is InChI=1S/C16H17N3O4S/c1-24(22,23)14-4-2-3-13(9-14)18-10-15(20)19-12-7-5-11(6-8-12)16(17)21/h2-9,18H,10H2,1H3,(H2,17,21)(H,19,20). The minimum Gasteiger partial charge on any atom is -0.376 e. The average molecular weight is 347 g/mol. The van der Waals surface area contributed by atoms with Crippen LogP contribution in [-0.2, 0) is 14.6 Å². The zero-order chi connectivity index (χ0) is 17.7. The van der Waals surface area contributed by atoms with Gasteiger partial charge in [0.05, 0.1) is 11.4 Å². The number of rotatable bonds is 6. The van der Waals surface area contributed by atoms with Crippen LogP contribution in [0.5, 0.6) is 0 Å². The first-order valence-corrected chi connectivity index (χ1v) is 8.88. The van der Waals surface area contributed by atoms with E-state index in [1.165, 1.54) is 24.3 Å². The van der Waals surface area contributed by atoms with Crippen LogP contribution in [0.25, 0.3) is 0 Å². The number of benzene rings is 2. The lowest BCUT2D eigenvalue weighted by Crippen LogP contribution is -2.22. The molecule has 2 amide bonds. The zero-order valence-corrected chi connectivity index (χ0v) is 13.8. The molecule has 0 heterocycles. The summed E-state index contributed by atoms with van der Waals surface area (Å²) in [7, 11) is -3.30. The van der Waals surface area contributed by atoms with E-state index < -0.39 is 15.7 Å². The highest BCUT2D eigenvalue weighted by atomic mass is 32.2. The fraction of sp³-hybridized carbons (Fsp3) is 0.125. The van der Waals surface area contributed by atoms with Gasteiger partial charge in [0.15, 0.2) is 9.84 Å². The van der Waals surface area contributed by atoms with Crippen molar-refractivity contribution in [3.05, 3.63) is 54.1 Å². The van der Waals surface area contributed by atoms with Crippen LogP contribution >= 0.6 is 0 Å². The highest BCUT2D eigenvalue weighted by Crippen LogP contribution is 2.15. The van der Waals surface area contributed by atoms with Gasteiger partial charge in [0.2, 0.25) is 11.8 Å². The Morgan fingerprint density at radius 3 is 2.29 bits per heavy atom. The molecule has 0 atom stereocenters. The predicted molar refractivity (Wildman–Crippen MR) is 91.6 cm³/mol. The van der Waals surface area contributed by atoms with Crippen molar-refractivity contribution in [1.29, 1.82) is 0 Å². The fourth-order valence-electron chi connectivity index (χ4n) is 1.94. The Morgan fingerprint density at radius 1 is 1.04 bits per heavy atom. The van der Waals surface area contributed by atoms with Gasteiger partial charge in [-0.1, -0.05) is 6.07 Å². The van der Waals surface area contributed by atoms with Gasteiger partial charge in [0, 0.05) is 23.2 Å². The van der Waals surface area contributed by atoms with E-state index in [1.54, 1.807) is 24.3 Å². The van der Waals surface area contributed by atoms with E-state index in [9.17, 15) is 18.0 Å². The van der Waals surface area contributed by atoms with Crippen LogP contribution in [0.2, 0.25) is 0 Å². The largest absolute Gasteiger partial charge is 0.376 e. The quantitative estimate of drug-likeness (QED) is 0.726. The van der Waals surface area contributed by atoms with Crippen LogP contribution in [0, 0.1) is 0 Å². The van der Waals surface area contributed by atoms with Crippen LogP contribution < -0.4 is 16.4 Å². The summed E-state index contributed by atoms with van der Waals surface area (Å²) in [6.45, 7) is -0.0369. The lowest BCUT2D eigenvalue weighted by molar-refractivity contribution is -0.114. The first-order valence-electron chi connectivity index (χ1n) is 6.99. The first-order chi connectivity index (χ1) is 11.3. The highest BCUT2D eigenvalue weighted by Gasteiger charge is 2.08. The van der Waals surface area contributed by atoms with Crippen LogP contribution in [-0.4, -0.2) is 33.0 Å². The molecule has 0 aliphatic carbocycles. The topological polar surface area (TPSA) is 118 Å². The van der Waals surface area contributed by atoms with E-state index in [4.69, 9.17) is 5.73 Å². The average Bonchev–Trinajstić information content (AvgIpc) is 2.53. The number of carbonyl (C=O) groups is 2. The highest BCUT2D eigenvalue weighted by molar-refractivity contribution is 7.90. The molecule has 0 spiro atoms. The normalized spacial score (nSPS) is 10.9. The second-order valence-corrected chi connectivity index (χ2v) is 7.16. The molecule has 2 aromatic rings. The zero-order valence-electron chi connectivity index (χ0n) is 12.9. The second-order valence-electron chi connectivity index (χ2n) is 5.14. The summed E-state index contributed by atoms with van der Waals surface area (Å²) in [6.07, 6.45) is 1.12. The molecule has 0 saturated carbocycles. The Kier molecular flexibility index (Phi) is 5.20. The van der Waals surface area contributed by atoms with Crippen LogP contribution in [0.4, 0.5) is 11.4 Å². The van der Waals surface area contributed by atoms with Crippen LogP contribution in [0.15, 0.2) is 53.4 Å². The molecule has 8 heteroatoms. The molecule has 0 radical (unpaired) electrons. The van der Waals surface area contributed by atoms with E-state index in [1.807, 2.05) is 0 Å². The number of hydrogen-bond acceptors (Lipinski definition) is 5. The smallest absolute Gasteiger partial charge is 0.248 e. The van der Waals surface area contributed by atoms with Crippen LogP contribution in [0.3, 0.4) is 0 Å². The number of anilines is 2. The van der Waals surface area contributed by atoms with E-state index in [-0.39, 0.29) is 17.3 Å². The van der Waals surface area contributed by atoms with Crippen molar-refractivity contribution in [3.63, 3.8) is 0 Å². The number of carbonyl (C=O) groups excluding carboxylic acids is 2. The summed E-state index contributed by atoms with van der Waals surface area (Å²) in [5, 5.41) is 5.51. The van der Waals surface area contributed by atoms with E-state index in [2.05, 4.69) is 10.6 Å². The molecule has 0 aliphatic heterocycles. The molecule has 0 unspecified atom stereocenters. The fourth-order valence-corrected chi connectivity index (χ4v) is 2.61. The molecule has 4 N–H and O–H groups in total. The van der Waals surface area contributed by atoms with Crippen molar-refractivity contribution < 1.29 is 18.0 Å². The van der Waals surface area contributed by atoms with Gasteiger partial charge < -0.3 is 16.4 Å². The van der Waals surface area contributed by atoms with Gasteiger partial charge in [-0.15, -0.1) is 0 Å². The van der Waals surface area contributed by atoms with Gasteiger partial charge in [0.25, 0.3) is 0 Å². The van der Waals surface area contributed by atoms with Gasteiger partial charge >= 0.3 is 0 Å². The van der Waals surface area contributed by atoms with Crippen molar-refractivity contribution in [2.24, 2.45) is 5.73 Å². The maximum absolute atomic E-state index is 11.9. The molecule has 0 aliphatic rings. The predicted octanol–water partition coefficient (Wildman–Crippen LogP) is 1.24. The number of amides is 2. The van der Waals surface area contributed by atoms with Crippen molar-refractivity contribution in [3.8, 4) is 0 Å². The maximum Gasteiger partial charge on any atom is 0.248 e. The van der Waals surface area contributed by atoms with Gasteiger partial charge in [-0.2, -0.15) is 0 Å². The summed E-state index contributed by atoms with van der Waals surface area (Å²) in [5.74, 6) is -0.855. The molecule has 0 bridgehead atoms. The summed E-state index contributed by atoms with van der Waals surface area (Å²) >= 11 is 0. The van der Waals surface area contributed by atoms with Crippen molar-refractivity contribution in [1.82, 2.24) is 0 Å². The van der Waals surface area contributed by atoms with E-state index >= 15 is 0 Å². The number of hydrogen-bond donors (Lipinski definition) is 3. The molecule has 2 rings (SSSR count). The number of nitrogens with one attached hydrogen (secondary N) is 2. The minimum atomic E-state index is -3.30. The Balaban J connectivity index is 1.95. The number of primary amides is 1. The molecule has 0 saturated heterocycles. The monoisotopic (exact) mass is 347 g/mol. The molecule has 0 aromatic heterocycles. The molecule has 0 fully saturated rings. The van der Waals surface area contributed by atoms with Gasteiger partial charge in [0.1, 0.15) is 0 Å². The lowest BCUT2D eigenvalue weighted by atomic mass is 10.2. The van der Waals surface area contributed by atoms with Crippen molar-refractivity contribution in [2.75, 3.05) is 23.4 Å². The number of nitrogens with two attached hydrogens (primary N) is 1. The Hall–Kier alpha value is -2.87. The first kappa shape index (κ1) is 17.5. The summed E-state index contributed by atoms with van der Waals surface area (Å²) in [4.78, 5) is 23.1. The van der Waals surface area contributed by atoms with Crippen molar-refractivity contribution in [2.45, 2.75) is 4.90 Å². The Labute approximate surface area is 139 Å². The van der Waals surface area contributed by atoms with E-state index in [0.29, 0.717) is 16.9 Å². The summed E-state index contributed by atoms with van der Waals surface area (Å²) in [6, 6.07) is 12.4. The van der Waals surface area contributed by atoms with Gasteiger partial charge in [-0.05, 0) is 42.5 Å². The van der Waals surface area contributed by atoms with Gasteiger partial charge in [-0.3, -0.25) is 9.59 Å².